The van der Waals surface area contributed by atoms with Crippen LogP contribution in [0.3, 0.4) is 0 Å². The van der Waals surface area contributed by atoms with Crippen LogP contribution in [0.15, 0.2) is 0 Å². The summed E-state index contributed by atoms with van der Waals surface area (Å²) in [5, 5.41) is 5.69. The third kappa shape index (κ3) is 8.71. The van der Waals surface area contributed by atoms with E-state index in [-0.39, 0.29) is 53.2 Å². The second-order valence-electron chi connectivity index (χ2n) is 11.6. The van der Waals surface area contributed by atoms with Crippen molar-refractivity contribution in [3.63, 3.8) is 0 Å². The van der Waals surface area contributed by atoms with Crippen molar-refractivity contribution >= 4 is 29.5 Å². The predicted octanol–water partition coefficient (Wildman–Crippen LogP) is 1.24. The van der Waals surface area contributed by atoms with Crippen molar-refractivity contribution in [2.45, 2.75) is 78.8 Å². The van der Waals surface area contributed by atoms with Crippen molar-refractivity contribution in [1.29, 1.82) is 0 Å². The fourth-order valence-electron chi connectivity index (χ4n) is 5.25. The Kier molecular flexibility index (Phi) is 11.4. The van der Waals surface area contributed by atoms with E-state index in [1.165, 1.54) is 11.8 Å². The SMILES string of the molecule is CC(=O)N[C@H](C(=O)N1CCC[C@H](C(=O)N2CCC[C@H](C(=O)N[C@@H](CC(C)C)C(=O)N(C)C)C2)C1)C(C)C. The van der Waals surface area contributed by atoms with Gasteiger partial charge in [-0.25, -0.2) is 0 Å². The maximum absolute atomic E-state index is 13.5. The third-order valence-corrected chi connectivity index (χ3v) is 7.24. The van der Waals surface area contributed by atoms with Crippen LogP contribution < -0.4 is 10.6 Å². The standard InChI is InChI=1S/C27H47N5O5/c1-17(2)14-22(26(36)30(6)7)29-24(34)20-10-8-12-31(15-20)25(35)21-11-9-13-32(16-21)27(37)23(18(3)4)28-19(5)33/h17-18,20-23H,8-16H2,1-7H3,(H,28,33)(H,29,34)/t20-,21-,22-,23-/m0/s1. The van der Waals surface area contributed by atoms with Gasteiger partial charge in [0, 0.05) is 47.2 Å². The number of amides is 5. The van der Waals surface area contributed by atoms with Gasteiger partial charge in [-0.2, -0.15) is 0 Å². The molecule has 0 aromatic carbocycles. The lowest BCUT2D eigenvalue weighted by molar-refractivity contribution is -0.145. The highest BCUT2D eigenvalue weighted by Gasteiger charge is 2.37. The highest BCUT2D eigenvalue weighted by atomic mass is 16.2. The fraction of sp³-hybridized carbons (Fsp3) is 0.815. The summed E-state index contributed by atoms with van der Waals surface area (Å²) in [5.74, 6) is -1.26. The number of nitrogens with one attached hydrogen (secondary N) is 2. The van der Waals surface area contributed by atoms with Crippen molar-refractivity contribution < 1.29 is 24.0 Å². The molecule has 0 aliphatic carbocycles. The first-order valence-corrected chi connectivity index (χ1v) is 13.7. The van der Waals surface area contributed by atoms with E-state index < -0.39 is 12.1 Å². The summed E-state index contributed by atoms with van der Waals surface area (Å²) in [6.45, 7) is 11.0. The normalized spacial score (nSPS) is 21.9. The minimum atomic E-state index is -0.613. The van der Waals surface area contributed by atoms with Gasteiger partial charge in [0.1, 0.15) is 12.1 Å². The molecular formula is C27H47N5O5. The largest absolute Gasteiger partial charge is 0.347 e. The first-order chi connectivity index (χ1) is 17.3. The minimum absolute atomic E-state index is 0.0290. The van der Waals surface area contributed by atoms with Gasteiger partial charge in [-0.1, -0.05) is 27.7 Å². The van der Waals surface area contributed by atoms with Crippen LogP contribution in [0.2, 0.25) is 0 Å². The average molecular weight is 522 g/mol. The van der Waals surface area contributed by atoms with E-state index in [9.17, 15) is 24.0 Å². The van der Waals surface area contributed by atoms with Crippen LogP contribution in [0.5, 0.6) is 0 Å². The van der Waals surface area contributed by atoms with E-state index in [4.69, 9.17) is 0 Å². The Morgan fingerprint density at radius 3 is 1.97 bits per heavy atom. The molecule has 2 aliphatic rings. The molecule has 10 heteroatoms. The van der Waals surface area contributed by atoms with Gasteiger partial charge in [0.25, 0.3) is 0 Å². The van der Waals surface area contributed by atoms with E-state index in [0.29, 0.717) is 58.3 Å². The van der Waals surface area contributed by atoms with Gasteiger partial charge in [0.2, 0.25) is 29.5 Å². The zero-order valence-electron chi connectivity index (χ0n) is 23.7. The van der Waals surface area contributed by atoms with Crippen molar-refractivity contribution in [3.05, 3.63) is 0 Å². The molecule has 37 heavy (non-hydrogen) atoms. The minimum Gasteiger partial charge on any atom is -0.347 e. The van der Waals surface area contributed by atoms with Crippen LogP contribution in [0.25, 0.3) is 0 Å². The molecule has 2 aliphatic heterocycles. The summed E-state index contributed by atoms with van der Waals surface area (Å²) in [5.41, 5.74) is 0. The van der Waals surface area contributed by atoms with Crippen LogP contribution in [-0.4, -0.2) is 96.6 Å². The number of hydrogen-bond acceptors (Lipinski definition) is 5. The van der Waals surface area contributed by atoms with Crippen LogP contribution >= 0.6 is 0 Å². The Morgan fingerprint density at radius 2 is 1.43 bits per heavy atom. The van der Waals surface area contributed by atoms with Crippen molar-refractivity contribution in [3.8, 4) is 0 Å². The summed E-state index contributed by atoms with van der Waals surface area (Å²) in [7, 11) is 3.36. The van der Waals surface area contributed by atoms with Crippen LogP contribution in [0.1, 0.15) is 66.7 Å². The maximum atomic E-state index is 13.5. The second kappa shape index (κ2) is 13.8. The number of carbonyl (C=O) groups is 5. The number of rotatable bonds is 9. The molecule has 0 aromatic rings. The number of likely N-dealkylation sites (tertiary alicyclic amines) is 2. The Bertz CT molecular complexity index is 843. The van der Waals surface area contributed by atoms with Gasteiger partial charge >= 0.3 is 0 Å². The third-order valence-electron chi connectivity index (χ3n) is 7.24. The molecule has 5 amide bonds. The van der Waals surface area contributed by atoms with Crippen molar-refractivity contribution in [2.75, 3.05) is 40.3 Å². The predicted molar refractivity (Wildman–Crippen MR) is 141 cm³/mol. The number of likely N-dealkylation sites (N-methyl/N-ethyl adjacent to an activating group) is 1. The molecule has 0 aromatic heterocycles. The number of piperidine rings is 2. The van der Waals surface area contributed by atoms with Gasteiger partial charge < -0.3 is 25.3 Å². The van der Waals surface area contributed by atoms with E-state index >= 15 is 0 Å². The molecular weight excluding hydrogens is 474 g/mol. The molecule has 10 nitrogen and oxygen atoms in total. The van der Waals surface area contributed by atoms with Crippen LogP contribution in [0.4, 0.5) is 0 Å². The highest BCUT2D eigenvalue weighted by molar-refractivity contribution is 5.90. The van der Waals surface area contributed by atoms with Gasteiger partial charge in [0.15, 0.2) is 0 Å². The molecule has 0 radical (unpaired) electrons. The number of carbonyl (C=O) groups excluding carboxylic acids is 5. The molecule has 2 N–H and O–H groups in total. The van der Waals surface area contributed by atoms with E-state index in [2.05, 4.69) is 10.6 Å². The van der Waals surface area contributed by atoms with Crippen LogP contribution in [0, 0.1) is 23.7 Å². The van der Waals surface area contributed by atoms with Gasteiger partial charge in [-0.15, -0.1) is 0 Å². The van der Waals surface area contributed by atoms with E-state index in [1.807, 2.05) is 27.7 Å². The van der Waals surface area contributed by atoms with Crippen molar-refractivity contribution in [2.24, 2.45) is 23.7 Å². The summed E-state index contributed by atoms with van der Waals surface area (Å²) in [6, 6.07) is -1.19. The zero-order chi connectivity index (χ0) is 27.9. The molecule has 210 valence electrons. The van der Waals surface area contributed by atoms with Crippen LogP contribution in [-0.2, 0) is 24.0 Å². The Morgan fingerprint density at radius 1 is 0.865 bits per heavy atom. The molecule has 2 fully saturated rings. The van der Waals surface area contributed by atoms with Gasteiger partial charge in [-0.05, 0) is 43.9 Å². The summed E-state index contributed by atoms with van der Waals surface area (Å²) < 4.78 is 0. The first-order valence-electron chi connectivity index (χ1n) is 13.7. The molecule has 0 unspecified atom stereocenters. The summed E-state index contributed by atoms with van der Waals surface area (Å²) >= 11 is 0. The average Bonchev–Trinajstić information content (AvgIpc) is 2.85. The summed E-state index contributed by atoms with van der Waals surface area (Å²) in [6.07, 6.45) is 3.35. The monoisotopic (exact) mass is 521 g/mol. The highest BCUT2D eigenvalue weighted by Crippen LogP contribution is 2.25. The molecule has 4 atom stereocenters. The Labute approximate surface area is 221 Å². The lowest BCUT2D eigenvalue weighted by atomic mass is 9.91. The quantitative estimate of drug-likeness (QED) is 0.473. The zero-order valence-corrected chi connectivity index (χ0v) is 23.7. The Balaban J connectivity index is 2.03. The molecule has 2 rings (SSSR count). The lowest BCUT2D eigenvalue weighted by Gasteiger charge is -2.39. The Hall–Kier alpha value is -2.65. The molecule has 2 heterocycles. The topological polar surface area (TPSA) is 119 Å². The smallest absolute Gasteiger partial charge is 0.245 e. The maximum Gasteiger partial charge on any atom is 0.245 e. The van der Waals surface area contributed by atoms with Gasteiger partial charge in [-0.3, -0.25) is 24.0 Å². The first kappa shape index (κ1) is 30.6. The van der Waals surface area contributed by atoms with Crippen molar-refractivity contribution in [1.82, 2.24) is 25.3 Å². The van der Waals surface area contributed by atoms with E-state index in [0.717, 1.165) is 0 Å². The lowest BCUT2D eigenvalue weighted by Crippen LogP contribution is -2.56. The summed E-state index contributed by atoms with van der Waals surface area (Å²) in [4.78, 5) is 68.9. The molecule has 0 saturated carbocycles. The number of hydrogen-bond donors (Lipinski definition) is 2. The number of nitrogens with zero attached hydrogens (tertiary/aromatic N) is 3. The molecule has 0 bridgehead atoms. The molecule has 2 saturated heterocycles. The molecule has 0 spiro atoms. The van der Waals surface area contributed by atoms with Gasteiger partial charge in [0.05, 0.1) is 11.8 Å². The fourth-order valence-corrected chi connectivity index (χ4v) is 5.25. The van der Waals surface area contributed by atoms with E-state index in [1.54, 1.807) is 23.9 Å². The second-order valence-corrected chi connectivity index (χ2v) is 11.6.